The van der Waals surface area contributed by atoms with Crippen LogP contribution in [-0.4, -0.2) is 18.8 Å². The summed E-state index contributed by atoms with van der Waals surface area (Å²) in [6.45, 7) is 0.966. The monoisotopic (exact) mass is 141 g/mol. The summed E-state index contributed by atoms with van der Waals surface area (Å²) in [6, 6.07) is 0.461. The van der Waals surface area contributed by atoms with Crippen LogP contribution in [0.15, 0.2) is 0 Å². The van der Waals surface area contributed by atoms with Crippen LogP contribution >= 0.6 is 0 Å². The molecule has 1 saturated heterocycles. The van der Waals surface area contributed by atoms with Gasteiger partial charge in [0, 0.05) is 18.6 Å². The predicted molar refractivity (Wildman–Crippen MR) is 39.7 cm³/mol. The van der Waals surface area contributed by atoms with Crippen molar-refractivity contribution in [2.24, 2.45) is 11.7 Å². The fraction of sp³-hybridized carbons (Fsp3) is 1.00. The van der Waals surface area contributed by atoms with Crippen molar-refractivity contribution in [1.29, 1.82) is 0 Å². The van der Waals surface area contributed by atoms with E-state index in [1.54, 1.807) is 0 Å². The number of ether oxygens (including phenoxy) is 1. The number of hydrogen-bond donors (Lipinski definition) is 1. The Bertz CT molecular complexity index is 120. The van der Waals surface area contributed by atoms with Gasteiger partial charge in [-0.25, -0.2) is 0 Å². The number of rotatable bonds is 1. The van der Waals surface area contributed by atoms with Gasteiger partial charge in [-0.3, -0.25) is 0 Å². The van der Waals surface area contributed by atoms with Crippen molar-refractivity contribution in [3.8, 4) is 0 Å². The molecule has 2 N–H and O–H groups in total. The van der Waals surface area contributed by atoms with Crippen molar-refractivity contribution in [3.05, 3.63) is 0 Å². The normalized spacial score (nSPS) is 47.1. The molecule has 0 bridgehead atoms. The van der Waals surface area contributed by atoms with Crippen LogP contribution in [0.3, 0.4) is 0 Å². The lowest BCUT2D eigenvalue weighted by Crippen LogP contribution is -2.24. The lowest BCUT2D eigenvalue weighted by molar-refractivity contribution is 0.00156. The van der Waals surface area contributed by atoms with Gasteiger partial charge in [0.1, 0.15) is 0 Å². The molecule has 2 aliphatic rings. The van der Waals surface area contributed by atoms with Crippen LogP contribution in [0.5, 0.6) is 0 Å². The van der Waals surface area contributed by atoms with Gasteiger partial charge in [-0.15, -0.1) is 0 Å². The highest BCUT2D eigenvalue weighted by molar-refractivity contribution is 4.96. The zero-order valence-corrected chi connectivity index (χ0v) is 6.25. The van der Waals surface area contributed by atoms with Gasteiger partial charge in [0.15, 0.2) is 0 Å². The second-order valence-corrected chi connectivity index (χ2v) is 3.47. The summed E-state index contributed by atoms with van der Waals surface area (Å²) in [5.74, 6) is 0.709. The number of nitrogens with two attached hydrogens (primary N) is 1. The first-order valence-corrected chi connectivity index (χ1v) is 4.25. The van der Waals surface area contributed by atoms with Crippen molar-refractivity contribution < 1.29 is 4.74 Å². The molecule has 1 heterocycles. The molecule has 1 aliphatic carbocycles. The molecule has 0 aromatic heterocycles. The van der Waals surface area contributed by atoms with Gasteiger partial charge in [0.25, 0.3) is 0 Å². The van der Waals surface area contributed by atoms with Crippen molar-refractivity contribution in [2.75, 3.05) is 6.61 Å². The Morgan fingerprint density at radius 1 is 1.30 bits per heavy atom. The molecule has 0 aromatic rings. The molecule has 0 aromatic carbocycles. The molecule has 1 aliphatic heterocycles. The summed E-state index contributed by atoms with van der Waals surface area (Å²) in [4.78, 5) is 0. The maximum absolute atomic E-state index is 5.72. The Labute approximate surface area is 61.7 Å². The predicted octanol–water partition coefficient (Wildman–Crippen LogP) is 0.903. The molecule has 10 heavy (non-hydrogen) atoms. The van der Waals surface area contributed by atoms with E-state index in [1.165, 1.54) is 25.7 Å². The van der Waals surface area contributed by atoms with Crippen LogP contribution in [0, 0.1) is 5.92 Å². The highest BCUT2D eigenvalue weighted by Gasteiger charge is 2.41. The van der Waals surface area contributed by atoms with Crippen molar-refractivity contribution >= 4 is 0 Å². The Morgan fingerprint density at radius 2 is 2.10 bits per heavy atom. The summed E-state index contributed by atoms with van der Waals surface area (Å²) in [5.41, 5.74) is 5.72. The van der Waals surface area contributed by atoms with Crippen LogP contribution < -0.4 is 5.73 Å². The third kappa shape index (κ3) is 1.18. The molecular formula is C8H15NO. The Hall–Kier alpha value is -0.0800. The van der Waals surface area contributed by atoms with Crippen LogP contribution in [0.1, 0.15) is 25.7 Å². The molecule has 2 heteroatoms. The second-order valence-electron chi connectivity index (χ2n) is 3.47. The highest BCUT2D eigenvalue weighted by Crippen LogP contribution is 2.36. The fourth-order valence-corrected chi connectivity index (χ4v) is 1.77. The van der Waals surface area contributed by atoms with Crippen molar-refractivity contribution in [3.63, 3.8) is 0 Å². The molecule has 0 radical (unpaired) electrons. The van der Waals surface area contributed by atoms with E-state index in [4.69, 9.17) is 10.5 Å². The third-order valence-electron chi connectivity index (χ3n) is 2.58. The fourth-order valence-electron chi connectivity index (χ4n) is 1.77. The zero-order chi connectivity index (χ0) is 6.97. The molecule has 3 atom stereocenters. The minimum Gasteiger partial charge on any atom is -0.378 e. The summed E-state index contributed by atoms with van der Waals surface area (Å²) >= 11 is 0. The van der Waals surface area contributed by atoms with Gasteiger partial charge in [0.05, 0.1) is 6.10 Å². The lowest BCUT2D eigenvalue weighted by atomic mass is 10.1. The topological polar surface area (TPSA) is 35.2 Å². The van der Waals surface area contributed by atoms with E-state index >= 15 is 0 Å². The van der Waals surface area contributed by atoms with E-state index < -0.39 is 0 Å². The molecule has 2 nitrogen and oxygen atoms in total. The summed E-state index contributed by atoms with van der Waals surface area (Å²) < 4.78 is 5.59. The van der Waals surface area contributed by atoms with Gasteiger partial charge in [-0.1, -0.05) is 0 Å². The van der Waals surface area contributed by atoms with E-state index in [2.05, 4.69) is 0 Å². The van der Waals surface area contributed by atoms with Crippen molar-refractivity contribution in [1.82, 2.24) is 0 Å². The van der Waals surface area contributed by atoms with Crippen LogP contribution in [-0.2, 0) is 4.74 Å². The molecule has 0 amide bonds. The standard InChI is InChI=1S/C8H15NO/c9-7-5-6(7)8-3-1-2-4-10-8/h6-8H,1-5,9H2. The van der Waals surface area contributed by atoms with Crippen LogP contribution in [0.2, 0.25) is 0 Å². The lowest BCUT2D eigenvalue weighted by Gasteiger charge is -2.22. The smallest absolute Gasteiger partial charge is 0.0618 e. The van der Waals surface area contributed by atoms with Crippen LogP contribution in [0.4, 0.5) is 0 Å². The molecule has 2 rings (SSSR count). The van der Waals surface area contributed by atoms with Gasteiger partial charge in [-0.2, -0.15) is 0 Å². The Morgan fingerprint density at radius 3 is 2.60 bits per heavy atom. The Balaban J connectivity index is 1.81. The molecule has 58 valence electrons. The zero-order valence-electron chi connectivity index (χ0n) is 6.25. The average molecular weight is 141 g/mol. The van der Waals surface area contributed by atoms with Gasteiger partial charge >= 0.3 is 0 Å². The average Bonchev–Trinajstić information content (AvgIpc) is 2.69. The first-order chi connectivity index (χ1) is 4.88. The van der Waals surface area contributed by atoms with Crippen LogP contribution in [0.25, 0.3) is 0 Å². The molecule has 1 saturated carbocycles. The molecule has 0 spiro atoms. The van der Waals surface area contributed by atoms with E-state index in [9.17, 15) is 0 Å². The van der Waals surface area contributed by atoms with Crippen molar-refractivity contribution in [2.45, 2.75) is 37.8 Å². The highest BCUT2D eigenvalue weighted by atomic mass is 16.5. The second kappa shape index (κ2) is 2.51. The SMILES string of the molecule is NC1CC1C1CCCCO1. The quantitative estimate of drug-likeness (QED) is 0.589. The minimum atomic E-state index is 0.461. The first-order valence-electron chi connectivity index (χ1n) is 4.25. The van der Waals surface area contributed by atoms with Gasteiger partial charge in [-0.05, 0) is 25.7 Å². The Kier molecular flexibility index (Phi) is 1.66. The van der Waals surface area contributed by atoms with Gasteiger partial charge < -0.3 is 10.5 Å². The summed E-state index contributed by atoms with van der Waals surface area (Å²) in [6.07, 6.45) is 5.55. The largest absolute Gasteiger partial charge is 0.378 e. The molecular weight excluding hydrogens is 126 g/mol. The maximum atomic E-state index is 5.72. The summed E-state index contributed by atoms with van der Waals surface area (Å²) in [7, 11) is 0. The van der Waals surface area contributed by atoms with Gasteiger partial charge in [0.2, 0.25) is 0 Å². The van der Waals surface area contributed by atoms with E-state index in [-0.39, 0.29) is 0 Å². The molecule has 3 unspecified atom stereocenters. The van der Waals surface area contributed by atoms with E-state index in [1.807, 2.05) is 0 Å². The van der Waals surface area contributed by atoms with E-state index in [0.29, 0.717) is 18.1 Å². The minimum absolute atomic E-state index is 0.461. The van der Waals surface area contributed by atoms with E-state index in [0.717, 1.165) is 6.61 Å². The molecule has 2 fully saturated rings. The number of hydrogen-bond acceptors (Lipinski definition) is 2. The first kappa shape index (κ1) is 6.62. The maximum Gasteiger partial charge on any atom is 0.0618 e. The summed E-state index contributed by atoms with van der Waals surface area (Å²) in [5, 5.41) is 0. The third-order valence-corrected chi connectivity index (χ3v) is 2.58.